The van der Waals surface area contributed by atoms with Gasteiger partial charge >= 0.3 is 0 Å². The molecule has 0 radical (unpaired) electrons. The van der Waals surface area contributed by atoms with Gasteiger partial charge in [0.1, 0.15) is 5.76 Å². The van der Waals surface area contributed by atoms with Crippen molar-refractivity contribution in [3.05, 3.63) is 30.5 Å². The molecule has 16 heavy (non-hydrogen) atoms. The molecule has 0 bridgehead atoms. The topological polar surface area (TPSA) is 76.5 Å². The SMILES string of the molecule is C=CCN(CC)S(=O)(=O)c1ccc(CN)o1. The van der Waals surface area contributed by atoms with Crippen LogP contribution in [0.5, 0.6) is 0 Å². The van der Waals surface area contributed by atoms with Crippen LogP contribution in [-0.4, -0.2) is 25.8 Å². The summed E-state index contributed by atoms with van der Waals surface area (Å²) in [7, 11) is -3.56. The minimum absolute atomic E-state index is 0.0725. The maximum atomic E-state index is 12.0. The normalized spacial score (nSPS) is 11.9. The second kappa shape index (κ2) is 5.29. The number of likely N-dealkylation sites (N-methyl/N-ethyl adjacent to an activating group) is 1. The summed E-state index contributed by atoms with van der Waals surface area (Å²) in [4.78, 5) is 0. The summed E-state index contributed by atoms with van der Waals surface area (Å²) in [5, 5.41) is -0.0725. The Labute approximate surface area is 95.6 Å². The van der Waals surface area contributed by atoms with E-state index in [1.807, 2.05) is 0 Å². The molecule has 0 amide bonds. The predicted octanol–water partition coefficient (Wildman–Crippen LogP) is 0.935. The van der Waals surface area contributed by atoms with Gasteiger partial charge < -0.3 is 10.2 Å². The van der Waals surface area contributed by atoms with Crippen molar-refractivity contribution >= 4 is 10.0 Å². The highest BCUT2D eigenvalue weighted by Crippen LogP contribution is 2.18. The maximum absolute atomic E-state index is 12.0. The monoisotopic (exact) mass is 244 g/mol. The molecule has 0 saturated heterocycles. The van der Waals surface area contributed by atoms with Crippen LogP contribution in [0.4, 0.5) is 0 Å². The van der Waals surface area contributed by atoms with Crippen molar-refractivity contribution in [1.82, 2.24) is 4.31 Å². The van der Waals surface area contributed by atoms with E-state index in [0.29, 0.717) is 12.3 Å². The Kier molecular flexibility index (Phi) is 4.28. The van der Waals surface area contributed by atoms with Crippen molar-refractivity contribution in [2.75, 3.05) is 13.1 Å². The molecule has 0 atom stereocenters. The smallest absolute Gasteiger partial charge is 0.276 e. The van der Waals surface area contributed by atoms with E-state index in [1.165, 1.54) is 16.4 Å². The Balaban J connectivity index is 3.04. The van der Waals surface area contributed by atoms with E-state index in [4.69, 9.17) is 10.2 Å². The Morgan fingerprint density at radius 2 is 2.25 bits per heavy atom. The van der Waals surface area contributed by atoms with Crippen molar-refractivity contribution in [2.24, 2.45) is 5.73 Å². The van der Waals surface area contributed by atoms with Crippen LogP contribution in [0.3, 0.4) is 0 Å². The molecule has 1 heterocycles. The average Bonchev–Trinajstić information content (AvgIpc) is 2.74. The number of nitrogens with two attached hydrogens (primary N) is 1. The molecule has 0 unspecified atom stereocenters. The van der Waals surface area contributed by atoms with Gasteiger partial charge in [0.2, 0.25) is 5.09 Å². The van der Waals surface area contributed by atoms with E-state index < -0.39 is 10.0 Å². The number of hydrogen-bond donors (Lipinski definition) is 1. The summed E-state index contributed by atoms with van der Waals surface area (Å²) in [6.07, 6.45) is 1.54. The Hall–Kier alpha value is -1.11. The first-order valence-electron chi connectivity index (χ1n) is 4.96. The van der Waals surface area contributed by atoms with Gasteiger partial charge in [0.15, 0.2) is 0 Å². The predicted molar refractivity (Wildman–Crippen MR) is 61.2 cm³/mol. The lowest BCUT2D eigenvalue weighted by molar-refractivity contribution is 0.385. The number of sulfonamides is 1. The van der Waals surface area contributed by atoms with Gasteiger partial charge in [-0.25, -0.2) is 8.42 Å². The molecular formula is C10H16N2O3S. The molecule has 1 aromatic heterocycles. The fourth-order valence-electron chi connectivity index (χ4n) is 1.27. The minimum Gasteiger partial charge on any atom is -0.447 e. The molecule has 6 heteroatoms. The Morgan fingerprint density at radius 3 is 2.69 bits per heavy atom. The number of hydrogen-bond acceptors (Lipinski definition) is 4. The van der Waals surface area contributed by atoms with Crippen LogP contribution in [0.25, 0.3) is 0 Å². The van der Waals surface area contributed by atoms with Gasteiger partial charge in [-0.05, 0) is 12.1 Å². The number of furan rings is 1. The summed E-state index contributed by atoms with van der Waals surface area (Å²) in [5.41, 5.74) is 5.36. The average molecular weight is 244 g/mol. The maximum Gasteiger partial charge on any atom is 0.276 e. The molecule has 5 nitrogen and oxygen atoms in total. The summed E-state index contributed by atoms with van der Waals surface area (Å²) < 4.78 is 30.5. The van der Waals surface area contributed by atoms with Gasteiger partial charge in [-0.15, -0.1) is 6.58 Å². The van der Waals surface area contributed by atoms with Crippen molar-refractivity contribution in [2.45, 2.75) is 18.6 Å². The van der Waals surface area contributed by atoms with Gasteiger partial charge in [-0.3, -0.25) is 0 Å². The molecule has 2 N–H and O–H groups in total. The fraction of sp³-hybridized carbons (Fsp3) is 0.400. The van der Waals surface area contributed by atoms with Gasteiger partial charge in [0.25, 0.3) is 10.0 Å². The first-order chi connectivity index (χ1) is 7.56. The zero-order valence-electron chi connectivity index (χ0n) is 9.22. The molecule has 0 aliphatic carbocycles. The zero-order valence-corrected chi connectivity index (χ0v) is 10.0. The molecule has 1 rings (SSSR count). The second-order valence-electron chi connectivity index (χ2n) is 3.17. The van der Waals surface area contributed by atoms with E-state index in [2.05, 4.69) is 6.58 Å². The van der Waals surface area contributed by atoms with Crippen LogP contribution in [0.2, 0.25) is 0 Å². The third-order valence-electron chi connectivity index (χ3n) is 2.12. The standard InChI is InChI=1S/C10H16N2O3S/c1-3-7-12(4-2)16(13,14)10-6-5-9(8-11)15-10/h3,5-6H,1,4,7-8,11H2,2H3. The van der Waals surface area contributed by atoms with Crippen molar-refractivity contribution in [3.8, 4) is 0 Å². The lowest BCUT2D eigenvalue weighted by Gasteiger charge is -2.16. The summed E-state index contributed by atoms with van der Waals surface area (Å²) in [5.74, 6) is 0.452. The highest BCUT2D eigenvalue weighted by Gasteiger charge is 2.25. The molecular weight excluding hydrogens is 228 g/mol. The third kappa shape index (κ3) is 2.52. The lowest BCUT2D eigenvalue weighted by atomic mass is 10.5. The van der Waals surface area contributed by atoms with E-state index in [9.17, 15) is 8.42 Å². The summed E-state index contributed by atoms with van der Waals surface area (Å²) in [6, 6.07) is 2.98. The quantitative estimate of drug-likeness (QED) is 0.755. The number of rotatable bonds is 6. The van der Waals surface area contributed by atoms with Gasteiger partial charge in [0.05, 0.1) is 6.54 Å². The van der Waals surface area contributed by atoms with Crippen molar-refractivity contribution in [1.29, 1.82) is 0 Å². The van der Waals surface area contributed by atoms with Gasteiger partial charge in [0, 0.05) is 13.1 Å². The van der Waals surface area contributed by atoms with E-state index in [1.54, 1.807) is 13.0 Å². The zero-order chi connectivity index (χ0) is 12.2. The van der Waals surface area contributed by atoms with E-state index in [-0.39, 0.29) is 18.2 Å². The summed E-state index contributed by atoms with van der Waals surface area (Å²) in [6.45, 7) is 6.09. The fourth-order valence-corrected chi connectivity index (χ4v) is 2.62. The summed E-state index contributed by atoms with van der Waals surface area (Å²) >= 11 is 0. The molecule has 90 valence electrons. The van der Waals surface area contributed by atoms with Crippen LogP contribution >= 0.6 is 0 Å². The first-order valence-corrected chi connectivity index (χ1v) is 6.40. The third-order valence-corrected chi connectivity index (χ3v) is 3.93. The highest BCUT2D eigenvalue weighted by atomic mass is 32.2. The molecule has 0 spiro atoms. The lowest BCUT2D eigenvalue weighted by Crippen LogP contribution is -2.30. The largest absolute Gasteiger partial charge is 0.447 e. The van der Waals surface area contributed by atoms with Crippen LogP contribution in [-0.2, 0) is 16.6 Å². The molecule has 0 saturated carbocycles. The molecule has 0 aromatic carbocycles. The van der Waals surface area contributed by atoms with Gasteiger partial charge in [-0.2, -0.15) is 4.31 Å². The van der Waals surface area contributed by atoms with Crippen molar-refractivity contribution < 1.29 is 12.8 Å². The van der Waals surface area contributed by atoms with Crippen LogP contribution in [0.1, 0.15) is 12.7 Å². The van der Waals surface area contributed by atoms with Crippen LogP contribution < -0.4 is 5.73 Å². The van der Waals surface area contributed by atoms with Crippen molar-refractivity contribution in [3.63, 3.8) is 0 Å². The van der Waals surface area contributed by atoms with Gasteiger partial charge in [-0.1, -0.05) is 13.0 Å². The van der Waals surface area contributed by atoms with E-state index in [0.717, 1.165) is 0 Å². The number of nitrogens with zero attached hydrogens (tertiary/aromatic N) is 1. The molecule has 1 aromatic rings. The van der Waals surface area contributed by atoms with E-state index >= 15 is 0 Å². The molecule has 0 fully saturated rings. The molecule has 0 aliphatic rings. The highest BCUT2D eigenvalue weighted by molar-refractivity contribution is 7.89. The Morgan fingerprint density at radius 1 is 1.56 bits per heavy atom. The second-order valence-corrected chi connectivity index (χ2v) is 5.04. The van der Waals surface area contributed by atoms with Crippen LogP contribution in [0, 0.1) is 0 Å². The van der Waals surface area contributed by atoms with Crippen LogP contribution in [0.15, 0.2) is 34.3 Å². The minimum atomic E-state index is -3.56. The Bertz CT molecular complexity index is 450. The molecule has 0 aliphatic heterocycles. The first kappa shape index (κ1) is 13.0.